The van der Waals surface area contributed by atoms with E-state index in [0.29, 0.717) is 5.88 Å². The van der Waals surface area contributed by atoms with Crippen LogP contribution < -0.4 is 0 Å². The van der Waals surface area contributed by atoms with Gasteiger partial charge in [0.05, 0.1) is 16.1 Å². The van der Waals surface area contributed by atoms with E-state index >= 15 is 0 Å². The van der Waals surface area contributed by atoms with Crippen molar-refractivity contribution in [3.63, 3.8) is 0 Å². The fourth-order valence-corrected chi connectivity index (χ4v) is 3.75. The van der Waals surface area contributed by atoms with Gasteiger partial charge in [-0.05, 0) is 31.9 Å². The van der Waals surface area contributed by atoms with Crippen molar-refractivity contribution in [2.75, 3.05) is 5.88 Å². The molecule has 1 aliphatic rings. The molecular formula is C15H18Cl2N2. The van der Waals surface area contributed by atoms with Crippen LogP contribution in [0.4, 0.5) is 0 Å². The predicted octanol–water partition coefficient (Wildman–Crippen LogP) is 4.76. The van der Waals surface area contributed by atoms with Crippen molar-refractivity contribution in [1.82, 2.24) is 9.55 Å². The minimum atomic E-state index is 0.140. The molecule has 1 aromatic heterocycles. The fraction of sp³-hybridized carbons (Fsp3) is 0.533. The number of imidazole rings is 1. The third-order valence-corrected chi connectivity index (χ3v) is 4.73. The minimum Gasteiger partial charge on any atom is -0.321 e. The molecule has 1 fully saturated rings. The van der Waals surface area contributed by atoms with Crippen LogP contribution in [0.3, 0.4) is 0 Å². The van der Waals surface area contributed by atoms with Crippen molar-refractivity contribution < 1.29 is 0 Å². The maximum atomic E-state index is 6.42. The van der Waals surface area contributed by atoms with Crippen LogP contribution >= 0.6 is 23.2 Å². The van der Waals surface area contributed by atoms with Gasteiger partial charge in [0.1, 0.15) is 5.82 Å². The summed E-state index contributed by atoms with van der Waals surface area (Å²) >= 11 is 12.4. The van der Waals surface area contributed by atoms with Crippen LogP contribution in [-0.2, 0) is 12.0 Å². The molecule has 0 unspecified atom stereocenters. The lowest BCUT2D eigenvalue weighted by atomic mass is 9.99. The van der Waals surface area contributed by atoms with Crippen molar-refractivity contribution in [3.8, 4) is 0 Å². The minimum absolute atomic E-state index is 0.140. The summed E-state index contributed by atoms with van der Waals surface area (Å²) in [6, 6.07) is 5.95. The number of nitrogens with zero attached hydrogens (tertiary/aromatic N) is 2. The molecule has 1 aromatic carbocycles. The summed E-state index contributed by atoms with van der Waals surface area (Å²) in [5.41, 5.74) is 2.20. The van der Waals surface area contributed by atoms with Crippen LogP contribution in [-0.4, -0.2) is 15.4 Å². The molecule has 0 radical (unpaired) electrons. The topological polar surface area (TPSA) is 17.8 Å². The molecule has 1 saturated carbocycles. The van der Waals surface area contributed by atoms with Crippen molar-refractivity contribution in [3.05, 3.63) is 29.0 Å². The van der Waals surface area contributed by atoms with Crippen molar-refractivity contribution in [2.45, 2.75) is 44.6 Å². The molecule has 19 heavy (non-hydrogen) atoms. The largest absolute Gasteiger partial charge is 0.321 e. The Hall–Kier alpha value is -0.730. The molecule has 0 spiro atoms. The number of hydrogen-bond acceptors (Lipinski definition) is 1. The quantitative estimate of drug-likeness (QED) is 0.747. The van der Waals surface area contributed by atoms with E-state index in [9.17, 15) is 0 Å². The highest BCUT2D eigenvalue weighted by Crippen LogP contribution is 2.41. The van der Waals surface area contributed by atoms with E-state index in [1.807, 2.05) is 18.2 Å². The van der Waals surface area contributed by atoms with Crippen LogP contribution in [0.2, 0.25) is 5.02 Å². The number of benzene rings is 1. The molecule has 4 heteroatoms. The van der Waals surface area contributed by atoms with Crippen LogP contribution in [0.1, 0.15) is 38.4 Å². The van der Waals surface area contributed by atoms with Gasteiger partial charge in [-0.25, -0.2) is 4.98 Å². The normalized spacial score (nSPS) is 18.3. The number of alkyl halides is 1. The summed E-state index contributed by atoms with van der Waals surface area (Å²) in [5, 5.41) is 0.791. The Morgan fingerprint density at radius 3 is 2.74 bits per heavy atom. The smallest absolute Gasteiger partial charge is 0.111 e. The van der Waals surface area contributed by atoms with Gasteiger partial charge in [0.15, 0.2) is 0 Å². The Labute approximate surface area is 123 Å². The summed E-state index contributed by atoms with van der Waals surface area (Å²) in [5.74, 6) is 1.67. The number of rotatable bonds is 3. The molecule has 3 rings (SSSR count). The third kappa shape index (κ3) is 2.15. The molecule has 1 aliphatic carbocycles. The maximum Gasteiger partial charge on any atom is 0.111 e. The average molecular weight is 297 g/mol. The molecule has 0 saturated heterocycles. The number of aromatic nitrogens is 2. The highest BCUT2D eigenvalue weighted by Gasteiger charge is 2.34. The standard InChI is InChI=1S/C15H18Cl2N2/c1-15(8-2-3-9-15)19-13(7-10-16)18-12-6-4-5-11(17)14(12)19/h4-6H,2-3,7-10H2,1H3. The fourth-order valence-electron chi connectivity index (χ4n) is 3.33. The Balaban J connectivity index is 2.27. The number of aryl methyl sites for hydroxylation is 1. The zero-order valence-electron chi connectivity index (χ0n) is 11.1. The molecular weight excluding hydrogens is 279 g/mol. The van der Waals surface area contributed by atoms with E-state index < -0.39 is 0 Å². The molecule has 0 atom stereocenters. The average Bonchev–Trinajstić information content (AvgIpc) is 2.95. The van der Waals surface area contributed by atoms with Gasteiger partial charge >= 0.3 is 0 Å². The molecule has 2 aromatic rings. The summed E-state index contributed by atoms with van der Waals surface area (Å²) in [4.78, 5) is 4.75. The summed E-state index contributed by atoms with van der Waals surface area (Å²) in [6.07, 6.45) is 5.74. The van der Waals surface area contributed by atoms with Gasteiger partial charge in [-0.3, -0.25) is 0 Å². The van der Waals surface area contributed by atoms with Crippen molar-refractivity contribution in [2.24, 2.45) is 0 Å². The second-order valence-corrected chi connectivity index (χ2v) is 6.40. The molecule has 0 amide bonds. The molecule has 0 bridgehead atoms. The van der Waals surface area contributed by atoms with Crippen molar-refractivity contribution in [1.29, 1.82) is 0 Å². The van der Waals surface area contributed by atoms with Gasteiger partial charge in [0.2, 0.25) is 0 Å². The molecule has 0 N–H and O–H groups in total. The van der Waals surface area contributed by atoms with Gasteiger partial charge < -0.3 is 4.57 Å². The number of fused-ring (bicyclic) bond motifs is 1. The Kier molecular flexibility index (Phi) is 3.48. The van der Waals surface area contributed by atoms with Gasteiger partial charge in [-0.2, -0.15) is 0 Å². The highest BCUT2D eigenvalue weighted by molar-refractivity contribution is 6.35. The highest BCUT2D eigenvalue weighted by atomic mass is 35.5. The lowest BCUT2D eigenvalue weighted by Gasteiger charge is -2.29. The zero-order chi connectivity index (χ0) is 13.5. The van der Waals surface area contributed by atoms with E-state index in [0.717, 1.165) is 28.3 Å². The van der Waals surface area contributed by atoms with Gasteiger partial charge in [0.25, 0.3) is 0 Å². The zero-order valence-corrected chi connectivity index (χ0v) is 12.6. The van der Waals surface area contributed by atoms with Gasteiger partial charge in [-0.15, -0.1) is 11.6 Å². The third-order valence-electron chi connectivity index (χ3n) is 4.24. The Bertz CT molecular complexity index is 597. The first kappa shape index (κ1) is 13.3. The first-order valence-corrected chi connectivity index (χ1v) is 7.79. The van der Waals surface area contributed by atoms with E-state index in [-0.39, 0.29) is 5.54 Å². The van der Waals surface area contributed by atoms with Gasteiger partial charge in [-0.1, -0.05) is 30.5 Å². The van der Waals surface area contributed by atoms with E-state index in [1.165, 1.54) is 25.7 Å². The maximum absolute atomic E-state index is 6.42. The summed E-state index contributed by atoms with van der Waals surface area (Å²) < 4.78 is 2.36. The number of halogens is 2. The SMILES string of the molecule is CC1(n2c(CCCl)nc3cccc(Cl)c32)CCCC1. The monoisotopic (exact) mass is 296 g/mol. The first-order valence-electron chi connectivity index (χ1n) is 6.88. The van der Waals surface area contributed by atoms with Crippen LogP contribution in [0.15, 0.2) is 18.2 Å². The van der Waals surface area contributed by atoms with Gasteiger partial charge in [0, 0.05) is 17.8 Å². The van der Waals surface area contributed by atoms with Crippen LogP contribution in [0.25, 0.3) is 11.0 Å². The van der Waals surface area contributed by atoms with E-state index in [4.69, 9.17) is 28.2 Å². The van der Waals surface area contributed by atoms with E-state index in [2.05, 4.69) is 11.5 Å². The first-order chi connectivity index (χ1) is 9.15. The summed E-state index contributed by atoms with van der Waals surface area (Å²) in [7, 11) is 0. The number of para-hydroxylation sites is 1. The second kappa shape index (κ2) is 4.99. The lowest BCUT2D eigenvalue weighted by Crippen LogP contribution is -2.28. The summed E-state index contributed by atoms with van der Waals surface area (Å²) in [6.45, 7) is 2.32. The van der Waals surface area contributed by atoms with Crippen molar-refractivity contribution >= 4 is 34.2 Å². The Morgan fingerprint density at radius 1 is 1.32 bits per heavy atom. The Morgan fingerprint density at radius 2 is 2.05 bits per heavy atom. The molecule has 102 valence electrons. The lowest BCUT2D eigenvalue weighted by molar-refractivity contribution is 0.329. The van der Waals surface area contributed by atoms with Crippen LogP contribution in [0.5, 0.6) is 0 Å². The van der Waals surface area contributed by atoms with Crippen LogP contribution in [0, 0.1) is 0 Å². The molecule has 2 nitrogen and oxygen atoms in total. The van der Waals surface area contributed by atoms with E-state index in [1.54, 1.807) is 0 Å². The molecule has 0 aliphatic heterocycles. The predicted molar refractivity (Wildman–Crippen MR) is 81.3 cm³/mol. The number of hydrogen-bond donors (Lipinski definition) is 0. The molecule has 1 heterocycles. The second-order valence-electron chi connectivity index (χ2n) is 5.61.